The number of benzene rings is 2. The van der Waals surface area contributed by atoms with E-state index in [4.69, 9.17) is 27.9 Å². The lowest BCUT2D eigenvalue weighted by molar-refractivity contribution is -0.0152. The van der Waals surface area contributed by atoms with Gasteiger partial charge in [-0.05, 0) is 72.2 Å². The molecule has 0 N–H and O–H groups in total. The van der Waals surface area contributed by atoms with Crippen LogP contribution in [0.25, 0.3) is 0 Å². The van der Waals surface area contributed by atoms with Crippen LogP contribution in [-0.2, 0) is 5.60 Å². The predicted octanol–water partition coefficient (Wildman–Crippen LogP) is 6.20. The molecule has 0 aliphatic heterocycles. The van der Waals surface area contributed by atoms with Crippen molar-refractivity contribution >= 4 is 45.8 Å². The zero-order valence-electron chi connectivity index (χ0n) is 11.0. The van der Waals surface area contributed by atoms with Gasteiger partial charge in [0.1, 0.15) is 5.60 Å². The molecule has 1 fully saturated rings. The van der Waals surface area contributed by atoms with Crippen molar-refractivity contribution in [3.63, 3.8) is 0 Å². The highest BCUT2D eigenvalue weighted by Crippen LogP contribution is 2.48. The normalized spacial score (nSPS) is 16.4. The fourth-order valence-electron chi connectivity index (χ4n) is 2.55. The Morgan fingerprint density at radius 2 is 1.86 bits per heavy atom. The molecule has 2 aromatic carbocycles. The third-order valence-corrected chi connectivity index (χ3v) is 5.00. The molecule has 0 spiro atoms. The van der Waals surface area contributed by atoms with Gasteiger partial charge >= 0.3 is 0 Å². The van der Waals surface area contributed by atoms with Gasteiger partial charge in [-0.1, -0.05) is 29.3 Å². The monoisotopic (exact) mass is 436 g/mol. The van der Waals surface area contributed by atoms with Gasteiger partial charge in [0, 0.05) is 19.2 Å². The lowest BCUT2D eigenvalue weighted by Gasteiger charge is -2.42. The van der Waals surface area contributed by atoms with E-state index in [-0.39, 0.29) is 11.6 Å². The summed E-state index contributed by atoms with van der Waals surface area (Å²) < 4.78 is 20.9. The van der Waals surface area contributed by atoms with E-state index in [1.807, 2.05) is 12.1 Å². The van der Waals surface area contributed by atoms with Gasteiger partial charge in [0.15, 0.2) is 11.6 Å². The van der Waals surface area contributed by atoms with Crippen LogP contribution in [0.15, 0.2) is 36.4 Å². The molecule has 3 rings (SSSR count). The Balaban J connectivity index is 1.97. The zero-order valence-corrected chi connectivity index (χ0v) is 14.7. The summed E-state index contributed by atoms with van der Waals surface area (Å²) in [6, 6.07) is 10.3. The van der Waals surface area contributed by atoms with Crippen LogP contribution in [0.5, 0.6) is 5.75 Å². The van der Waals surface area contributed by atoms with Crippen molar-refractivity contribution in [1.82, 2.24) is 0 Å². The molecule has 1 aliphatic carbocycles. The van der Waals surface area contributed by atoms with Crippen molar-refractivity contribution in [2.45, 2.75) is 24.9 Å². The molecule has 110 valence electrons. The van der Waals surface area contributed by atoms with Gasteiger partial charge in [-0.25, -0.2) is 4.39 Å². The summed E-state index contributed by atoms with van der Waals surface area (Å²) >= 11 is 14.3. The summed E-state index contributed by atoms with van der Waals surface area (Å²) in [6.07, 6.45) is 2.67. The fraction of sp³-hybridized carbons (Fsp3) is 0.250. The number of rotatable bonds is 3. The Morgan fingerprint density at radius 3 is 2.43 bits per heavy atom. The van der Waals surface area contributed by atoms with Crippen LogP contribution in [0, 0.1) is 9.39 Å². The van der Waals surface area contributed by atoms with Gasteiger partial charge in [-0.3, -0.25) is 0 Å². The van der Waals surface area contributed by atoms with E-state index in [0.29, 0.717) is 10.0 Å². The topological polar surface area (TPSA) is 9.23 Å². The highest BCUT2D eigenvalue weighted by atomic mass is 127. The zero-order chi connectivity index (χ0) is 15.0. The summed E-state index contributed by atoms with van der Waals surface area (Å²) in [5.41, 5.74) is 0.327. The van der Waals surface area contributed by atoms with E-state index in [2.05, 4.69) is 22.6 Å². The lowest BCUT2D eigenvalue weighted by atomic mass is 9.74. The molecule has 1 saturated carbocycles. The van der Waals surface area contributed by atoms with Gasteiger partial charge in [-0.2, -0.15) is 0 Å². The van der Waals surface area contributed by atoms with Crippen molar-refractivity contribution in [3.05, 3.63) is 61.4 Å². The van der Waals surface area contributed by atoms with Crippen LogP contribution in [0.2, 0.25) is 10.0 Å². The third-order valence-electron chi connectivity index (χ3n) is 3.78. The minimum absolute atomic E-state index is 0.265. The van der Waals surface area contributed by atoms with E-state index < -0.39 is 5.60 Å². The van der Waals surface area contributed by atoms with Crippen molar-refractivity contribution < 1.29 is 9.13 Å². The van der Waals surface area contributed by atoms with Gasteiger partial charge in [0.05, 0.1) is 0 Å². The molecule has 0 saturated heterocycles. The smallest absolute Gasteiger partial charge is 0.166 e. The van der Waals surface area contributed by atoms with Gasteiger partial charge in [0.2, 0.25) is 0 Å². The largest absolute Gasteiger partial charge is 0.479 e. The molecular weight excluding hydrogens is 425 g/mol. The molecule has 2 aromatic rings. The van der Waals surface area contributed by atoms with E-state index in [1.54, 1.807) is 18.2 Å². The molecule has 0 bridgehead atoms. The molecule has 0 atom stereocenters. The van der Waals surface area contributed by atoms with Crippen LogP contribution in [0.1, 0.15) is 24.8 Å². The molecule has 0 heterocycles. The number of halogens is 4. The predicted molar refractivity (Wildman–Crippen MR) is 91.7 cm³/mol. The molecule has 0 aromatic heterocycles. The van der Waals surface area contributed by atoms with Crippen LogP contribution < -0.4 is 4.74 Å². The first-order valence-corrected chi connectivity index (χ1v) is 8.43. The van der Waals surface area contributed by atoms with Crippen LogP contribution >= 0.6 is 45.8 Å². The molecule has 0 radical (unpaired) electrons. The van der Waals surface area contributed by atoms with Gasteiger partial charge in [0.25, 0.3) is 0 Å². The van der Waals surface area contributed by atoms with E-state index in [1.165, 1.54) is 6.07 Å². The average Bonchev–Trinajstić information content (AvgIpc) is 2.37. The second kappa shape index (κ2) is 5.94. The highest BCUT2D eigenvalue weighted by Gasteiger charge is 2.43. The van der Waals surface area contributed by atoms with Crippen molar-refractivity contribution in [3.8, 4) is 5.75 Å². The molecule has 1 nitrogen and oxygen atoms in total. The molecule has 0 unspecified atom stereocenters. The lowest BCUT2D eigenvalue weighted by Crippen LogP contribution is -2.40. The summed E-state index contributed by atoms with van der Waals surface area (Å²) in [7, 11) is 0. The highest BCUT2D eigenvalue weighted by molar-refractivity contribution is 14.1. The minimum Gasteiger partial charge on any atom is -0.479 e. The number of ether oxygens (including phenoxy) is 1. The summed E-state index contributed by atoms with van der Waals surface area (Å²) in [4.78, 5) is 0. The standard InChI is InChI=1S/C16H12Cl2FIO/c17-10-2-4-12(13(18)8-10)16(6-1-7-16)21-15-5-3-11(20)9-14(15)19/h2-5,8-9H,1,6-7H2. The summed E-state index contributed by atoms with van der Waals surface area (Å²) in [5, 5.41) is 1.15. The number of hydrogen-bond acceptors (Lipinski definition) is 1. The van der Waals surface area contributed by atoms with Crippen molar-refractivity contribution in [2.75, 3.05) is 0 Å². The van der Waals surface area contributed by atoms with E-state index >= 15 is 0 Å². The average molecular weight is 437 g/mol. The Labute approximate surface area is 146 Å². The van der Waals surface area contributed by atoms with Gasteiger partial charge in [-0.15, -0.1) is 0 Å². The fourth-order valence-corrected chi connectivity index (χ4v) is 3.59. The van der Waals surface area contributed by atoms with Crippen molar-refractivity contribution in [2.24, 2.45) is 0 Å². The number of hydrogen-bond donors (Lipinski definition) is 0. The molecule has 21 heavy (non-hydrogen) atoms. The quantitative estimate of drug-likeness (QED) is 0.521. The van der Waals surface area contributed by atoms with E-state index in [0.717, 1.165) is 28.4 Å². The maximum Gasteiger partial charge on any atom is 0.166 e. The minimum atomic E-state index is -0.546. The maximum absolute atomic E-state index is 14.0. The van der Waals surface area contributed by atoms with Crippen LogP contribution in [-0.4, -0.2) is 0 Å². The van der Waals surface area contributed by atoms with E-state index in [9.17, 15) is 4.39 Å². The first-order valence-electron chi connectivity index (χ1n) is 6.60. The molecule has 5 heteroatoms. The Kier molecular flexibility index (Phi) is 4.35. The third kappa shape index (κ3) is 3.01. The Morgan fingerprint density at radius 1 is 1.10 bits per heavy atom. The van der Waals surface area contributed by atoms with Crippen LogP contribution in [0.3, 0.4) is 0 Å². The van der Waals surface area contributed by atoms with Crippen LogP contribution in [0.4, 0.5) is 4.39 Å². The Hall–Kier alpha value is -0.520. The summed E-state index contributed by atoms with van der Waals surface area (Å²) in [6.45, 7) is 0. The second-order valence-corrected chi connectivity index (χ2v) is 7.24. The van der Waals surface area contributed by atoms with Gasteiger partial charge < -0.3 is 4.74 Å². The Bertz CT molecular complexity index is 686. The molecular formula is C16H12Cl2FIO. The first-order chi connectivity index (χ1) is 10.00. The SMILES string of the molecule is Fc1cc(I)ccc1OC1(c2ccc(Cl)cc2Cl)CCC1. The maximum atomic E-state index is 14.0. The molecule has 0 amide bonds. The first kappa shape index (κ1) is 15.4. The van der Waals surface area contributed by atoms with Crippen molar-refractivity contribution in [1.29, 1.82) is 0 Å². The summed E-state index contributed by atoms with van der Waals surface area (Å²) in [5.74, 6) is -0.0839. The molecule has 1 aliphatic rings. The second-order valence-electron chi connectivity index (χ2n) is 5.15.